The Hall–Kier alpha value is -3.68. The van der Waals surface area contributed by atoms with Gasteiger partial charge in [-0.05, 0) is 23.3 Å². The van der Waals surface area contributed by atoms with Gasteiger partial charge in [-0.15, -0.1) is 0 Å². The predicted octanol–water partition coefficient (Wildman–Crippen LogP) is 2.96. The molecule has 29 heavy (non-hydrogen) atoms. The molecule has 2 heterocycles. The number of halogens is 1. The number of carboxylic acids is 1. The Balaban J connectivity index is 1.61. The van der Waals surface area contributed by atoms with E-state index < -0.39 is 5.97 Å². The van der Waals surface area contributed by atoms with Crippen LogP contribution in [0, 0.1) is 5.82 Å². The quantitative estimate of drug-likeness (QED) is 0.694. The molecule has 1 aliphatic rings. The molecule has 8 heteroatoms. The van der Waals surface area contributed by atoms with Crippen LogP contribution < -0.4 is 4.74 Å². The molecule has 4 rings (SSSR count). The molecule has 0 bridgehead atoms. The third kappa shape index (κ3) is 3.82. The topological polar surface area (TPSA) is 84.7 Å². The molecule has 1 amide bonds. The number of benzene rings is 2. The van der Waals surface area contributed by atoms with Crippen molar-refractivity contribution >= 4 is 11.9 Å². The highest BCUT2D eigenvalue weighted by molar-refractivity contribution is 6.00. The monoisotopic (exact) mass is 395 g/mol. The van der Waals surface area contributed by atoms with Crippen molar-refractivity contribution in [3.63, 3.8) is 0 Å². The molecule has 0 radical (unpaired) electrons. The maximum absolute atomic E-state index is 13.1. The van der Waals surface area contributed by atoms with Crippen LogP contribution in [0.4, 0.5) is 4.39 Å². The third-order valence-electron chi connectivity index (χ3n) is 4.70. The minimum Gasteiger partial charge on any atom is -0.484 e. The molecule has 0 saturated carbocycles. The fourth-order valence-electron chi connectivity index (χ4n) is 3.25. The van der Waals surface area contributed by atoms with Gasteiger partial charge in [0.25, 0.3) is 5.91 Å². The molecular weight excluding hydrogens is 377 g/mol. The smallest absolute Gasteiger partial charge is 0.360 e. The highest BCUT2D eigenvalue weighted by atomic mass is 19.1. The standard InChI is InChI=1S/C21H18FN3O4/c22-16-8-6-14(7-9-16)12-24-10-11-25-18(20(24)26)19(17(23-25)21(27)28)29-13-15-4-2-1-3-5-15/h1-9H,10-13H2,(H,27,28). The fourth-order valence-corrected chi connectivity index (χ4v) is 3.25. The normalized spacial score (nSPS) is 13.3. The number of carbonyl (C=O) groups excluding carboxylic acids is 1. The van der Waals surface area contributed by atoms with Crippen LogP contribution in [0.1, 0.15) is 32.1 Å². The number of hydrogen-bond donors (Lipinski definition) is 1. The maximum atomic E-state index is 13.1. The van der Waals surface area contributed by atoms with Crippen LogP contribution in [0.5, 0.6) is 5.75 Å². The second kappa shape index (κ2) is 7.75. The average Bonchev–Trinajstić information content (AvgIpc) is 3.10. The van der Waals surface area contributed by atoms with Gasteiger partial charge in [-0.25, -0.2) is 9.18 Å². The van der Waals surface area contributed by atoms with Gasteiger partial charge in [-0.1, -0.05) is 42.5 Å². The molecule has 0 atom stereocenters. The molecule has 148 valence electrons. The Morgan fingerprint density at radius 3 is 2.48 bits per heavy atom. The number of amides is 1. The Kier molecular flexibility index (Phi) is 4.99. The van der Waals surface area contributed by atoms with Crippen molar-refractivity contribution in [1.29, 1.82) is 0 Å². The van der Waals surface area contributed by atoms with Gasteiger partial charge in [-0.3, -0.25) is 9.48 Å². The molecule has 0 saturated heterocycles. The van der Waals surface area contributed by atoms with Crippen molar-refractivity contribution in [3.05, 3.63) is 82.9 Å². The summed E-state index contributed by atoms with van der Waals surface area (Å²) in [6.07, 6.45) is 0. The van der Waals surface area contributed by atoms with Gasteiger partial charge in [0.05, 0.1) is 6.54 Å². The van der Waals surface area contributed by atoms with Crippen molar-refractivity contribution in [1.82, 2.24) is 14.7 Å². The largest absolute Gasteiger partial charge is 0.484 e. The summed E-state index contributed by atoms with van der Waals surface area (Å²) in [5.74, 6) is -2.01. The lowest BCUT2D eigenvalue weighted by atomic mass is 10.1. The summed E-state index contributed by atoms with van der Waals surface area (Å²) in [6, 6.07) is 15.2. The number of fused-ring (bicyclic) bond motifs is 1. The average molecular weight is 395 g/mol. The minimum atomic E-state index is -1.26. The van der Waals surface area contributed by atoms with E-state index in [9.17, 15) is 19.1 Å². The Morgan fingerprint density at radius 2 is 1.79 bits per heavy atom. The molecule has 3 aromatic rings. The van der Waals surface area contributed by atoms with Crippen LogP contribution in [0.2, 0.25) is 0 Å². The molecule has 1 aliphatic heterocycles. The van der Waals surface area contributed by atoms with Crippen LogP contribution in [0.3, 0.4) is 0 Å². The van der Waals surface area contributed by atoms with Crippen LogP contribution in [-0.4, -0.2) is 38.2 Å². The number of aromatic carboxylic acids is 1. The van der Waals surface area contributed by atoms with Crippen molar-refractivity contribution in [2.24, 2.45) is 0 Å². The van der Waals surface area contributed by atoms with E-state index in [2.05, 4.69) is 5.10 Å². The molecule has 1 aromatic heterocycles. The van der Waals surface area contributed by atoms with Gasteiger partial charge < -0.3 is 14.7 Å². The Bertz CT molecular complexity index is 1050. The van der Waals surface area contributed by atoms with E-state index in [1.54, 1.807) is 17.0 Å². The second-order valence-corrected chi connectivity index (χ2v) is 6.68. The number of ether oxygens (including phenoxy) is 1. The third-order valence-corrected chi connectivity index (χ3v) is 4.70. The van der Waals surface area contributed by atoms with Gasteiger partial charge in [0.2, 0.25) is 5.69 Å². The maximum Gasteiger partial charge on any atom is 0.360 e. The van der Waals surface area contributed by atoms with Crippen LogP contribution in [0.25, 0.3) is 0 Å². The van der Waals surface area contributed by atoms with Gasteiger partial charge in [0, 0.05) is 13.1 Å². The fraction of sp³-hybridized carbons (Fsp3) is 0.190. The second-order valence-electron chi connectivity index (χ2n) is 6.68. The molecule has 7 nitrogen and oxygen atoms in total. The highest BCUT2D eigenvalue weighted by Crippen LogP contribution is 2.29. The predicted molar refractivity (Wildman–Crippen MR) is 101 cm³/mol. The number of aromatic nitrogens is 2. The lowest BCUT2D eigenvalue weighted by Crippen LogP contribution is -2.40. The van der Waals surface area contributed by atoms with E-state index in [0.29, 0.717) is 13.1 Å². The summed E-state index contributed by atoms with van der Waals surface area (Å²) in [4.78, 5) is 26.3. The minimum absolute atomic E-state index is 0.0323. The molecule has 0 aliphatic carbocycles. The summed E-state index contributed by atoms with van der Waals surface area (Å²) < 4.78 is 20.3. The van der Waals surface area contributed by atoms with Crippen LogP contribution >= 0.6 is 0 Å². The van der Waals surface area contributed by atoms with Gasteiger partial charge in [0.1, 0.15) is 12.4 Å². The number of hydrogen-bond acceptors (Lipinski definition) is 4. The first-order valence-corrected chi connectivity index (χ1v) is 9.07. The van der Waals surface area contributed by atoms with Crippen molar-refractivity contribution < 1.29 is 23.8 Å². The van der Waals surface area contributed by atoms with E-state index in [1.807, 2.05) is 30.3 Å². The first kappa shape index (κ1) is 18.7. The Labute approximate surface area is 165 Å². The van der Waals surface area contributed by atoms with Gasteiger partial charge in [0.15, 0.2) is 11.4 Å². The number of carbonyl (C=O) groups is 2. The van der Waals surface area contributed by atoms with E-state index in [0.717, 1.165) is 11.1 Å². The van der Waals surface area contributed by atoms with E-state index in [1.165, 1.54) is 16.8 Å². The lowest BCUT2D eigenvalue weighted by Gasteiger charge is -2.28. The number of nitrogens with zero attached hydrogens (tertiary/aromatic N) is 3. The van der Waals surface area contributed by atoms with Crippen LogP contribution in [0.15, 0.2) is 54.6 Å². The van der Waals surface area contributed by atoms with E-state index in [-0.39, 0.29) is 42.0 Å². The summed E-state index contributed by atoms with van der Waals surface area (Å²) in [5.41, 5.74) is 1.45. The molecule has 2 aromatic carbocycles. The first-order valence-electron chi connectivity index (χ1n) is 9.07. The first-order chi connectivity index (χ1) is 14.0. The zero-order valence-electron chi connectivity index (χ0n) is 15.4. The molecular formula is C21H18FN3O4. The molecule has 0 fully saturated rings. The molecule has 0 unspecified atom stereocenters. The summed E-state index contributed by atoms with van der Waals surface area (Å²) in [5, 5.41) is 13.6. The summed E-state index contributed by atoms with van der Waals surface area (Å²) in [6.45, 7) is 1.11. The van der Waals surface area contributed by atoms with Crippen molar-refractivity contribution in [2.75, 3.05) is 6.54 Å². The lowest BCUT2D eigenvalue weighted by molar-refractivity contribution is 0.0670. The van der Waals surface area contributed by atoms with Gasteiger partial charge in [-0.2, -0.15) is 5.10 Å². The summed E-state index contributed by atoms with van der Waals surface area (Å²) >= 11 is 0. The Morgan fingerprint density at radius 1 is 1.07 bits per heavy atom. The summed E-state index contributed by atoms with van der Waals surface area (Å²) in [7, 11) is 0. The zero-order chi connectivity index (χ0) is 20.4. The molecule has 1 N–H and O–H groups in total. The number of carboxylic acid groups (broad SMARTS) is 1. The van der Waals surface area contributed by atoms with Crippen LogP contribution in [-0.2, 0) is 19.7 Å². The van der Waals surface area contributed by atoms with E-state index >= 15 is 0 Å². The van der Waals surface area contributed by atoms with E-state index in [4.69, 9.17) is 4.74 Å². The zero-order valence-corrected chi connectivity index (χ0v) is 15.4. The van der Waals surface area contributed by atoms with Crippen molar-refractivity contribution in [3.8, 4) is 5.75 Å². The molecule has 0 spiro atoms. The van der Waals surface area contributed by atoms with Crippen molar-refractivity contribution in [2.45, 2.75) is 19.7 Å². The SMILES string of the molecule is O=C(O)c1nn2c(c1OCc1ccccc1)C(=O)N(Cc1ccc(F)cc1)CC2. The number of rotatable bonds is 6. The highest BCUT2D eigenvalue weighted by Gasteiger charge is 2.34. The van der Waals surface area contributed by atoms with Gasteiger partial charge >= 0.3 is 5.97 Å².